The van der Waals surface area contributed by atoms with Gasteiger partial charge in [-0.3, -0.25) is 4.98 Å². The number of nitrogens with zero attached hydrogens (tertiary/aromatic N) is 2. The Labute approximate surface area is 165 Å². The molecule has 0 saturated carbocycles. The number of rotatable bonds is 2. The summed E-state index contributed by atoms with van der Waals surface area (Å²) < 4.78 is 26.0. The van der Waals surface area contributed by atoms with Gasteiger partial charge in [-0.1, -0.05) is 29.3 Å². The summed E-state index contributed by atoms with van der Waals surface area (Å²) in [5.74, 6) is 0.157. The summed E-state index contributed by atoms with van der Waals surface area (Å²) in [6.45, 7) is 2.79. The highest BCUT2D eigenvalue weighted by molar-refractivity contribution is 7.89. The quantitative estimate of drug-likeness (QED) is 0.760. The second-order valence-electron chi connectivity index (χ2n) is 7.09. The first-order chi connectivity index (χ1) is 13.0. The number of sulfonamides is 1. The summed E-state index contributed by atoms with van der Waals surface area (Å²) in [4.78, 5) is 4.72. The van der Waals surface area contributed by atoms with Gasteiger partial charge in [0.1, 0.15) is 0 Å². The molecule has 1 aromatic heterocycles. The molecule has 0 N–H and O–H groups in total. The molecule has 1 fully saturated rings. The van der Waals surface area contributed by atoms with Gasteiger partial charge < -0.3 is 0 Å². The fourth-order valence-corrected chi connectivity index (χ4v) is 5.40. The molecule has 1 aromatic carbocycles. The zero-order valence-electron chi connectivity index (χ0n) is 15.4. The molecule has 0 spiro atoms. The largest absolute Gasteiger partial charge is 0.256 e. The van der Waals surface area contributed by atoms with Crippen LogP contribution in [0.4, 0.5) is 0 Å². The molecule has 1 aliphatic heterocycles. The minimum absolute atomic E-state index is 0.157. The number of halogens is 1. The monoisotopic (exact) mass is 402 g/mol. The maximum absolute atomic E-state index is 12.2. The van der Waals surface area contributed by atoms with Crippen molar-refractivity contribution in [3.63, 3.8) is 0 Å². The molecule has 142 valence electrons. The van der Waals surface area contributed by atoms with Gasteiger partial charge >= 0.3 is 0 Å². The van der Waals surface area contributed by atoms with Gasteiger partial charge in [0.25, 0.3) is 0 Å². The van der Waals surface area contributed by atoms with Crippen LogP contribution >= 0.6 is 11.6 Å². The van der Waals surface area contributed by atoms with Crippen LogP contribution < -0.4 is 0 Å². The maximum Gasteiger partial charge on any atom is 0.213 e. The van der Waals surface area contributed by atoms with Crippen LogP contribution in [0.1, 0.15) is 42.1 Å². The maximum atomic E-state index is 12.2. The van der Waals surface area contributed by atoms with Crippen molar-refractivity contribution in [2.24, 2.45) is 0 Å². The number of benzene rings is 1. The Morgan fingerprint density at radius 3 is 2.56 bits per heavy atom. The summed E-state index contributed by atoms with van der Waals surface area (Å²) in [5.41, 5.74) is 7.20. The Morgan fingerprint density at radius 2 is 1.81 bits per heavy atom. The molecule has 0 unspecified atom stereocenters. The lowest BCUT2D eigenvalue weighted by Gasteiger charge is -2.29. The first-order valence-corrected chi connectivity index (χ1v) is 11.4. The Hall–Kier alpha value is -1.69. The summed E-state index contributed by atoms with van der Waals surface area (Å²) in [6, 6.07) is 10.2. The van der Waals surface area contributed by atoms with Crippen molar-refractivity contribution in [2.75, 3.05) is 18.8 Å². The number of fused-ring (bicyclic) bond motifs is 2. The van der Waals surface area contributed by atoms with Crippen LogP contribution in [0.25, 0.3) is 5.57 Å². The normalized spacial score (nSPS) is 18.0. The first kappa shape index (κ1) is 18.7. The third-order valence-corrected chi connectivity index (χ3v) is 7.68. The lowest BCUT2D eigenvalue weighted by Crippen LogP contribution is -2.37. The van der Waals surface area contributed by atoms with E-state index in [0.717, 1.165) is 36.4 Å². The van der Waals surface area contributed by atoms with E-state index in [2.05, 4.69) is 18.2 Å². The van der Waals surface area contributed by atoms with Crippen LogP contribution in [0.15, 0.2) is 42.1 Å². The van der Waals surface area contributed by atoms with Crippen LogP contribution in [-0.4, -0.2) is 36.5 Å². The van der Waals surface area contributed by atoms with E-state index in [0.29, 0.717) is 13.1 Å². The number of pyridine rings is 1. The second kappa shape index (κ2) is 7.38. The van der Waals surface area contributed by atoms with Crippen LogP contribution in [0, 0.1) is 0 Å². The van der Waals surface area contributed by atoms with Crippen LogP contribution in [0.3, 0.4) is 0 Å². The Balaban J connectivity index is 1.81. The van der Waals surface area contributed by atoms with Crippen molar-refractivity contribution in [3.8, 4) is 0 Å². The predicted molar refractivity (Wildman–Crippen MR) is 109 cm³/mol. The molecule has 2 aromatic rings. The zero-order chi connectivity index (χ0) is 19.0. The standard InChI is InChI=1S/C21H23ClN2O2S/c1-2-27(25,26)24-12-9-15(10-13-24)20-19-8-7-18(22)14-17(19)6-5-16-4-3-11-23-21(16)20/h3-4,7-8,11,14H,2,5-6,9-10,12-13H2,1H3. The van der Waals surface area contributed by atoms with E-state index >= 15 is 0 Å². The molecule has 1 aliphatic carbocycles. The molecule has 2 aliphatic rings. The summed E-state index contributed by atoms with van der Waals surface area (Å²) >= 11 is 6.25. The molecule has 4 rings (SSSR count). The molecule has 0 amide bonds. The summed E-state index contributed by atoms with van der Waals surface area (Å²) in [7, 11) is -3.13. The van der Waals surface area contributed by atoms with Gasteiger partial charge in [0.15, 0.2) is 0 Å². The smallest absolute Gasteiger partial charge is 0.213 e. The van der Waals surface area contributed by atoms with Crippen molar-refractivity contribution in [3.05, 3.63) is 69.5 Å². The molecule has 27 heavy (non-hydrogen) atoms. The fraction of sp³-hybridized carbons (Fsp3) is 0.381. The van der Waals surface area contributed by atoms with E-state index in [1.165, 1.54) is 27.8 Å². The molecule has 0 atom stereocenters. The number of hydrogen-bond acceptors (Lipinski definition) is 3. The molecule has 4 nitrogen and oxygen atoms in total. The highest BCUT2D eigenvalue weighted by atomic mass is 35.5. The minimum atomic E-state index is -3.13. The number of aryl methyl sites for hydroxylation is 2. The Morgan fingerprint density at radius 1 is 1.07 bits per heavy atom. The summed E-state index contributed by atoms with van der Waals surface area (Å²) in [6.07, 6.45) is 5.20. The van der Waals surface area contributed by atoms with E-state index in [-0.39, 0.29) is 5.75 Å². The number of hydrogen-bond donors (Lipinski definition) is 0. The van der Waals surface area contributed by atoms with Gasteiger partial charge in [0.2, 0.25) is 10.0 Å². The van der Waals surface area contributed by atoms with Gasteiger partial charge in [-0.25, -0.2) is 12.7 Å². The zero-order valence-corrected chi connectivity index (χ0v) is 17.0. The van der Waals surface area contributed by atoms with Crippen molar-refractivity contribution in [2.45, 2.75) is 32.6 Å². The Bertz CT molecular complexity index is 1000. The molecular formula is C21H23ClN2O2S. The molecule has 6 heteroatoms. The lowest BCUT2D eigenvalue weighted by atomic mass is 9.89. The molecule has 1 saturated heterocycles. The van der Waals surface area contributed by atoms with Gasteiger partial charge in [0, 0.05) is 29.9 Å². The SMILES string of the molecule is CCS(=O)(=O)N1CCC(=C2c3ccc(Cl)cc3CCc3cccnc32)CC1. The lowest BCUT2D eigenvalue weighted by molar-refractivity contribution is 0.388. The van der Waals surface area contributed by atoms with E-state index in [9.17, 15) is 8.42 Å². The summed E-state index contributed by atoms with van der Waals surface area (Å²) in [5, 5.41) is 0.751. The van der Waals surface area contributed by atoms with Gasteiger partial charge in [-0.05, 0) is 67.5 Å². The first-order valence-electron chi connectivity index (χ1n) is 9.42. The van der Waals surface area contributed by atoms with Crippen molar-refractivity contribution in [1.29, 1.82) is 0 Å². The highest BCUT2D eigenvalue weighted by Crippen LogP contribution is 2.38. The van der Waals surface area contributed by atoms with E-state index in [1.807, 2.05) is 18.3 Å². The number of piperidine rings is 1. The molecule has 0 bridgehead atoms. The van der Waals surface area contributed by atoms with Crippen LogP contribution in [0.5, 0.6) is 0 Å². The van der Waals surface area contributed by atoms with E-state index in [1.54, 1.807) is 11.2 Å². The highest BCUT2D eigenvalue weighted by Gasteiger charge is 2.28. The van der Waals surface area contributed by atoms with Crippen LogP contribution in [-0.2, 0) is 22.9 Å². The molecule has 2 heterocycles. The van der Waals surface area contributed by atoms with Crippen LogP contribution in [0.2, 0.25) is 5.02 Å². The average Bonchev–Trinajstić information content (AvgIpc) is 2.84. The molecule has 0 radical (unpaired) electrons. The van der Waals surface area contributed by atoms with Gasteiger partial charge in [0.05, 0.1) is 11.4 Å². The second-order valence-corrected chi connectivity index (χ2v) is 9.78. The Kier molecular flexibility index (Phi) is 5.10. The van der Waals surface area contributed by atoms with E-state index < -0.39 is 10.0 Å². The van der Waals surface area contributed by atoms with Gasteiger partial charge in [-0.15, -0.1) is 0 Å². The van der Waals surface area contributed by atoms with E-state index in [4.69, 9.17) is 16.6 Å². The topological polar surface area (TPSA) is 50.3 Å². The third kappa shape index (κ3) is 3.56. The average molecular weight is 403 g/mol. The van der Waals surface area contributed by atoms with Gasteiger partial charge in [-0.2, -0.15) is 0 Å². The third-order valence-electron chi connectivity index (χ3n) is 5.57. The minimum Gasteiger partial charge on any atom is -0.256 e. The molecular weight excluding hydrogens is 380 g/mol. The fourth-order valence-electron chi connectivity index (χ4n) is 4.10. The van der Waals surface area contributed by atoms with Crippen molar-refractivity contribution in [1.82, 2.24) is 9.29 Å². The van der Waals surface area contributed by atoms with Crippen molar-refractivity contribution < 1.29 is 8.42 Å². The number of aromatic nitrogens is 1. The predicted octanol–water partition coefficient (Wildman–Crippen LogP) is 4.08. The van der Waals surface area contributed by atoms with Crippen molar-refractivity contribution >= 4 is 27.2 Å².